The molecule has 78 valence electrons. The molecule has 2 rings (SSSR count). The summed E-state index contributed by atoms with van der Waals surface area (Å²) in [5.41, 5.74) is 7.74. The molecule has 1 saturated heterocycles. The van der Waals surface area contributed by atoms with Crippen molar-refractivity contribution in [2.24, 2.45) is 12.8 Å². The van der Waals surface area contributed by atoms with E-state index in [0.29, 0.717) is 12.5 Å². The second-order valence-corrected chi connectivity index (χ2v) is 3.64. The summed E-state index contributed by atoms with van der Waals surface area (Å²) in [4.78, 5) is 0. The van der Waals surface area contributed by atoms with Crippen molar-refractivity contribution < 1.29 is 4.74 Å². The molecule has 2 N–H and O–H groups in total. The number of hydrogen-bond donors (Lipinski definition) is 1. The van der Waals surface area contributed by atoms with Gasteiger partial charge in [-0.3, -0.25) is 4.68 Å². The van der Waals surface area contributed by atoms with E-state index in [1.807, 2.05) is 11.7 Å². The largest absolute Gasteiger partial charge is 0.381 e. The van der Waals surface area contributed by atoms with Crippen molar-refractivity contribution in [2.45, 2.75) is 25.3 Å². The maximum atomic E-state index is 5.62. The lowest BCUT2D eigenvalue weighted by Gasteiger charge is -2.22. The lowest BCUT2D eigenvalue weighted by molar-refractivity contribution is 0.0835. The molecule has 0 radical (unpaired) electrons. The molecule has 0 spiro atoms. The third kappa shape index (κ3) is 1.65. The molecule has 0 aliphatic carbocycles. The quantitative estimate of drug-likeness (QED) is 0.732. The Balaban J connectivity index is 2.23. The molecule has 0 unspecified atom stereocenters. The van der Waals surface area contributed by atoms with Gasteiger partial charge >= 0.3 is 0 Å². The van der Waals surface area contributed by atoms with E-state index < -0.39 is 0 Å². The molecule has 0 saturated carbocycles. The van der Waals surface area contributed by atoms with Crippen LogP contribution in [-0.2, 0) is 18.3 Å². The number of aryl methyl sites for hydroxylation is 1. The molecule has 5 heteroatoms. The van der Waals surface area contributed by atoms with Gasteiger partial charge in [0.05, 0.1) is 11.4 Å². The molecule has 1 fully saturated rings. The summed E-state index contributed by atoms with van der Waals surface area (Å²) in [5.74, 6) is 0.516. The standard InChI is InChI=1S/C9H16N4O/c1-13-9(8(6-10)11-12-13)7-2-4-14-5-3-7/h7H,2-6,10H2,1H3. The van der Waals surface area contributed by atoms with Crippen molar-refractivity contribution in [3.63, 3.8) is 0 Å². The fourth-order valence-corrected chi connectivity index (χ4v) is 2.02. The first-order valence-corrected chi connectivity index (χ1v) is 4.99. The van der Waals surface area contributed by atoms with Gasteiger partial charge in [0.2, 0.25) is 0 Å². The Hall–Kier alpha value is -0.940. The van der Waals surface area contributed by atoms with Crippen LogP contribution in [0.15, 0.2) is 0 Å². The van der Waals surface area contributed by atoms with Gasteiger partial charge in [0, 0.05) is 32.7 Å². The predicted molar refractivity (Wildman–Crippen MR) is 51.7 cm³/mol. The predicted octanol–water partition coefficient (Wildman–Crippen LogP) is 0.168. The first-order valence-electron chi connectivity index (χ1n) is 4.99. The first kappa shape index (κ1) is 9.61. The second-order valence-electron chi connectivity index (χ2n) is 3.64. The smallest absolute Gasteiger partial charge is 0.0997 e. The monoisotopic (exact) mass is 196 g/mol. The van der Waals surface area contributed by atoms with Crippen LogP contribution in [0.25, 0.3) is 0 Å². The fraction of sp³-hybridized carbons (Fsp3) is 0.778. The molecule has 5 nitrogen and oxygen atoms in total. The molecule has 2 heterocycles. The molecular formula is C9H16N4O. The minimum atomic E-state index is 0.473. The van der Waals surface area contributed by atoms with Gasteiger partial charge in [0.15, 0.2) is 0 Å². The van der Waals surface area contributed by atoms with Gasteiger partial charge in [-0.05, 0) is 12.8 Å². The molecule has 0 atom stereocenters. The van der Waals surface area contributed by atoms with E-state index in [-0.39, 0.29) is 0 Å². The summed E-state index contributed by atoms with van der Waals surface area (Å²) in [5, 5.41) is 8.07. The van der Waals surface area contributed by atoms with Crippen LogP contribution in [0.2, 0.25) is 0 Å². The van der Waals surface area contributed by atoms with Crippen molar-refractivity contribution in [3.8, 4) is 0 Å². The maximum Gasteiger partial charge on any atom is 0.0997 e. The van der Waals surface area contributed by atoms with Gasteiger partial charge in [-0.15, -0.1) is 5.10 Å². The fourth-order valence-electron chi connectivity index (χ4n) is 2.02. The lowest BCUT2D eigenvalue weighted by atomic mass is 9.95. The van der Waals surface area contributed by atoms with E-state index >= 15 is 0 Å². The molecule has 1 aliphatic rings. The van der Waals surface area contributed by atoms with Crippen molar-refractivity contribution >= 4 is 0 Å². The van der Waals surface area contributed by atoms with Crippen molar-refractivity contribution in [1.29, 1.82) is 0 Å². The Morgan fingerprint density at radius 2 is 2.21 bits per heavy atom. The van der Waals surface area contributed by atoms with Crippen LogP contribution in [0.5, 0.6) is 0 Å². The van der Waals surface area contributed by atoms with E-state index in [9.17, 15) is 0 Å². The SMILES string of the molecule is Cn1nnc(CN)c1C1CCOCC1. The van der Waals surface area contributed by atoms with Gasteiger partial charge < -0.3 is 10.5 Å². The zero-order chi connectivity index (χ0) is 9.97. The lowest BCUT2D eigenvalue weighted by Crippen LogP contribution is -2.18. The Labute approximate surface area is 83.2 Å². The molecule has 1 aliphatic heterocycles. The summed E-state index contributed by atoms with van der Waals surface area (Å²) >= 11 is 0. The number of hydrogen-bond acceptors (Lipinski definition) is 4. The summed E-state index contributed by atoms with van der Waals surface area (Å²) in [6.07, 6.45) is 2.10. The Morgan fingerprint density at radius 3 is 2.86 bits per heavy atom. The highest BCUT2D eigenvalue weighted by Crippen LogP contribution is 2.27. The average Bonchev–Trinajstić information content (AvgIpc) is 2.61. The minimum Gasteiger partial charge on any atom is -0.381 e. The number of ether oxygens (including phenoxy) is 1. The zero-order valence-corrected chi connectivity index (χ0v) is 8.44. The zero-order valence-electron chi connectivity index (χ0n) is 8.44. The average molecular weight is 196 g/mol. The highest BCUT2D eigenvalue weighted by molar-refractivity contribution is 5.15. The summed E-state index contributed by atoms with van der Waals surface area (Å²) in [6.45, 7) is 2.14. The molecule has 0 amide bonds. The number of nitrogens with two attached hydrogens (primary N) is 1. The molecule has 1 aromatic rings. The Morgan fingerprint density at radius 1 is 1.50 bits per heavy atom. The number of nitrogens with zero attached hydrogens (tertiary/aromatic N) is 3. The highest BCUT2D eigenvalue weighted by atomic mass is 16.5. The second kappa shape index (κ2) is 4.06. The van der Waals surface area contributed by atoms with Gasteiger partial charge in [-0.25, -0.2) is 0 Å². The Kier molecular flexibility index (Phi) is 2.79. The molecule has 14 heavy (non-hydrogen) atoms. The van der Waals surface area contributed by atoms with Gasteiger partial charge in [-0.1, -0.05) is 5.21 Å². The van der Waals surface area contributed by atoms with Gasteiger partial charge in [0.1, 0.15) is 0 Å². The normalized spacial score (nSPS) is 18.7. The van der Waals surface area contributed by atoms with Crippen LogP contribution in [0.4, 0.5) is 0 Å². The third-order valence-corrected chi connectivity index (χ3v) is 2.75. The van der Waals surface area contributed by atoms with Crippen molar-refractivity contribution in [2.75, 3.05) is 13.2 Å². The maximum absolute atomic E-state index is 5.62. The van der Waals surface area contributed by atoms with E-state index in [2.05, 4.69) is 10.3 Å². The number of rotatable bonds is 2. The topological polar surface area (TPSA) is 66.0 Å². The third-order valence-electron chi connectivity index (χ3n) is 2.75. The van der Waals surface area contributed by atoms with E-state index in [4.69, 9.17) is 10.5 Å². The summed E-state index contributed by atoms with van der Waals surface area (Å²) in [6, 6.07) is 0. The van der Waals surface area contributed by atoms with Crippen molar-refractivity contribution in [1.82, 2.24) is 15.0 Å². The minimum absolute atomic E-state index is 0.473. The van der Waals surface area contributed by atoms with E-state index in [0.717, 1.165) is 31.7 Å². The van der Waals surface area contributed by atoms with Crippen molar-refractivity contribution in [3.05, 3.63) is 11.4 Å². The Bertz CT molecular complexity index is 304. The summed E-state index contributed by atoms with van der Waals surface area (Å²) in [7, 11) is 1.93. The molecule has 1 aromatic heterocycles. The molecule has 0 bridgehead atoms. The van der Waals surface area contributed by atoms with Crippen LogP contribution >= 0.6 is 0 Å². The van der Waals surface area contributed by atoms with Crippen LogP contribution < -0.4 is 5.73 Å². The van der Waals surface area contributed by atoms with Gasteiger partial charge in [-0.2, -0.15) is 0 Å². The first-order chi connectivity index (χ1) is 6.83. The van der Waals surface area contributed by atoms with E-state index in [1.165, 1.54) is 5.69 Å². The van der Waals surface area contributed by atoms with Crippen LogP contribution in [-0.4, -0.2) is 28.2 Å². The summed E-state index contributed by atoms with van der Waals surface area (Å²) < 4.78 is 7.18. The van der Waals surface area contributed by atoms with Gasteiger partial charge in [0.25, 0.3) is 0 Å². The highest BCUT2D eigenvalue weighted by Gasteiger charge is 2.22. The van der Waals surface area contributed by atoms with E-state index in [1.54, 1.807) is 0 Å². The van der Waals surface area contributed by atoms with Crippen LogP contribution in [0, 0.1) is 0 Å². The molecule has 0 aromatic carbocycles. The molecular weight excluding hydrogens is 180 g/mol. The number of aromatic nitrogens is 3. The van der Waals surface area contributed by atoms with Crippen LogP contribution in [0.3, 0.4) is 0 Å². The van der Waals surface area contributed by atoms with Crippen LogP contribution in [0.1, 0.15) is 30.1 Å².